The van der Waals surface area contributed by atoms with E-state index in [4.69, 9.17) is 24.9 Å². The molecule has 4 aromatic rings. The highest BCUT2D eigenvalue weighted by Gasteiger charge is 2.58. The second kappa shape index (κ2) is 13.2. The second-order valence-electron chi connectivity index (χ2n) is 12.5. The molecule has 1 saturated heterocycles. The van der Waals surface area contributed by atoms with Crippen molar-refractivity contribution in [3.05, 3.63) is 54.6 Å². The van der Waals surface area contributed by atoms with Crippen LogP contribution in [-0.2, 0) is 23.4 Å². The molecular formula is C32H38FN6O7P. The Hall–Kier alpha value is -4.12. The number of imidazole rings is 1. The van der Waals surface area contributed by atoms with Gasteiger partial charge in [0.25, 0.3) is 0 Å². The average Bonchev–Trinajstić information content (AvgIpc) is 3.56. The van der Waals surface area contributed by atoms with Crippen LogP contribution in [0.3, 0.4) is 0 Å². The van der Waals surface area contributed by atoms with Gasteiger partial charge in [0.1, 0.15) is 29.8 Å². The third kappa shape index (κ3) is 7.10. The summed E-state index contributed by atoms with van der Waals surface area (Å²) in [7, 11) is -2.79. The lowest BCUT2D eigenvalue weighted by atomic mass is 9.97. The van der Waals surface area contributed by atoms with Gasteiger partial charge in [0, 0.05) is 12.4 Å². The molecular weight excluding hydrogens is 630 g/mol. The van der Waals surface area contributed by atoms with Gasteiger partial charge < -0.3 is 24.4 Å². The van der Waals surface area contributed by atoms with Gasteiger partial charge >= 0.3 is 13.7 Å². The van der Waals surface area contributed by atoms with Gasteiger partial charge in [0.15, 0.2) is 23.2 Å². The Bertz CT molecular complexity index is 1870. The average molecular weight is 669 g/mol. The van der Waals surface area contributed by atoms with Crippen LogP contribution < -0.4 is 14.9 Å². The van der Waals surface area contributed by atoms with Gasteiger partial charge in [-0.05, 0) is 30.7 Å². The number of nitrogens with zero attached hydrogens (tertiary/aromatic N) is 4. The van der Waals surface area contributed by atoms with Crippen LogP contribution in [0.4, 0.5) is 10.2 Å². The van der Waals surface area contributed by atoms with Gasteiger partial charge in [-0.3, -0.25) is 13.9 Å². The van der Waals surface area contributed by atoms with E-state index in [2.05, 4.69) is 25.4 Å². The summed E-state index contributed by atoms with van der Waals surface area (Å²) in [6.45, 7) is 8.27. The molecule has 0 saturated carbocycles. The summed E-state index contributed by atoms with van der Waals surface area (Å²) in [5.41, 5.74) is -2.53. The highest BCUT2D eigenvalue weighted by atomic mass is 31.2. The lowest BCUT2D eigenvalue weighted by Crippen LogP contribution is -2.42. The lowest BCUT2D eigenvalue weighted by Gasteiger charge is -2.26. The van der Waals surface area contributed by atoms with Crippen LogP contribution in [0.2, 0.25) is 0 Å². The maximum atomic E-state index is 16.4. The predicted molar refractivity (Wildman–Crippen MR) is 173 cm³/mol. The number of aromatic nitrogens is 4. The molecule has 1 aliphatic rings. The highest BCUT2D eigenvalue weighted by molar-refractivity contribution is 7.52. The number of aliphatic hydroxyl groups is 1. The molecule has 47 heavy (non-hydrogen) atoms. The Balaban J connectivity index is 1.43. The summed E-state index contributed by atoms with van der Waals surface area (Å²) >= 11 is 0. The normalized spacial score (nSPS) is 23.3. The number of halogens is 1. The Morgan fingerprint density at radius 3 is 2.68 bits per heavy atom. The van der Waals surface area contributed by atoms with E-state index in [0.717, 1.165) is 5.39 Å². The number of anilines is 1. The molecule has 0 aliphatic carbocycles. The van der Waals surface area contributed by atoms with Crippen molar-refractivity contribution in [3.8, 4) is 18.1 Å². The second-order valence-corrected chi connectivity index (χ2v) is 14.2. The first-order valence-corrected chi connectivity index (χ1v) is 16.5. The van der Waals surface area contributed by atoms with Gasteiger partial charge in [-0.15, -0.1) is 6.42 Å². The molecule has 0 radical (unpaired) electrons. The number of terminal acetylenes is 1. The zero-order valence-corrected chi connectivity index (χ0v) is 27.8. The molecule has 0 bridgehead atoms. The van der Waals surface area contributed by atoms with Gasteiger partial charge in [0.2, 0.25) is 5.67 Å². The molecule has 250 valence electrons. The Labute approximate surface area is 271 Å². The number of ether oxygens (including phenoxy) is 2. The number of hydrogen-bond acceptors (Lipinski definition) is 11. The van der Waals surface area contributed by atoms with E-state index in [-0.39, 0.29) is 23.4 Å². The molecule has 0 spiro atoms. The molecule has 2 aromatic heterocycles. The summed E-state index contributed by atoms with van der Waals surface area (Å²) in [5, 5.41) is 18.1. The number of carbonyl (C=O) groups excluding carboxylic acids is 1. The maximum Gasteiger partial charge on any atom is 0.459 e. The third-order valence-corrected chi connectivity index (χ3v) is 9.05. The first-order chi connectivity index (χ1) is 22.2. The molecule has 2 aromatic carbocycles. The van der Waals surface area contributed by atoms with Crippen LogP contribution in [0.25, 0.3) is 21.9 Å². The Morgan fingerprint density at radius 2 is 1.98 bits per heavy atom. The van der Waals surface area contributed by atoms with Gasteiger partial charge in [-0.25, -0.2) is 23.9 Å². The van der Waals surface area contributed by atoms with Crippen molar-refractivity contribution in [1.82, 2.24) is 24.6 Å². The SMILES string of the molecule is C#C[C@@]1(F)[C@H](O)[C@@H](COP(=O)(N[C@H](C)C(=O)OCC(C)(C)C)Oc2cccc3ccccc23)O[C@H]1n1cnc2c(NC)nc(C)nc21. The van der Waals surface area contributed by atoms with Gasteiger partial charge in [0.05, 0.1) is 19.5 Å². The monoisotopic (exact) mass is 668 g/mol. The molecule has 5 rings (SSSR count). The molecule has 1 unspecified atom stereocenters. The third-order valence-electron chi connectivity index (χ3n) is 7.42. The predicted octanol–water partition coefficient (Wildman–Crippen LogP) is 4.70. The molecule has 13 nitrogen and oxygen atoms in total. The quantitative estimate of drug-likeness (QED) is 0.115. The number of fused-ring (bicyclic) bond motifs is 2. The minimum atomic E-state index is -4.45. The molecule has 1 fully saturated rings. The molecule has 6 atom stereocenters. The zero-order chi connectivity index (χ0) is 34.1. The van der Waals surface area contributed by atoms with Gasteiger partial charge in [-0.1, -0.05) is 63.1 Å². The number of hydrogen-bond donors (Lipinski definition) is 3. The van der Waals surface area contributed by atoms with Crippen LogP contribution in [0.15, 0.2) is 48.8 Å². The summed E-state index contributed by atoms with van der Waals surface area (Å²) in [6, 6.07) is 11.3. The van der Waals surface area contributed by atoms with Crippen LogP contribution in [-0.4, -0.2) is 74.8 Å². The van der Waals surface area contributed by atoms with Crippen LogP contribution in [0, 0.1) is 24.7 Å². The first kappa shape index (κ1) is 34.2. The summed E-state index contributed by atoms with van der Waals surface area (Å²) < 4.78 is 55.1. The topological polar surface area (TPSA) is 159 Å². The van der Waals surface area contributed by atoms with E-state index in [1.807, 2.05) is 44.9 Å². The number of esters is 1. The fourth-order valence-corrected chi connectivity index (χ4v) is 6.57. The summed E-state index contributed by atoms with van der Waals surface area (Å²) in [4.78, 5) is 25.8. The zero-order valence-electron chi connectivity index (χ0n) is 26.9. The highest BCUT2D eigenvalue weighted by Crippen LogP contribution is 2.49. The standard InChI is InChI=1S/C32H38FN6O7P/c1-8-32(33)26(40)24(45-30(32)39-18-35-25-27(34-7)36-20(3)37-28(25)39)16-44-47(42,38-19(2)29(41)43-17-31(4,5)6)46-23-15-11-13-21-12-9-10-14-22(21)23/h1,9-15,18-19,24,26,30,40H,16-17H2,2-7H3,(H,38,42)(H,34,36,37)/t19-,24-,26-,30-,32-,47?/m1/s1. The minimum absolute atomic E-state index is 0.116. The van der Waals surface area contributed by atoms with E-state index < -0.39 is 50.5 Å². The smallest absolute Gasteiger partial charge is 0.459 e. The number of alkyl halides is 1. The van der Waals surface area contributed by atoms with E-state index in [1.165, 1.54) is 17.8 Å². The largest absolute Gasteiger partial charge is 0.464 e. The van der Waals surface area contributed by atoms with Crippen LogP contribution in [0.1, 0.15) is 39.7 Å². The fraction of sp³-hybridized carbons (Fsp3) is 0.438. The molecule has 3 N–H and O–H groups in total. The molecule has 15 heteroatoms. The number of carbonyl (C=O) groups is 1. The summed E-state index contributed by atoms with van der Waals surface area (Å²) in [6.07, 6.45) is 1.95. The van der Waals surface area contributed by atoms with Crippen molar-refractivity contribution in [2.45, 2.75) is 64.8 Å². The lowest BCUT2D eigenvalue weighted by molar-refractivity contribution is -0.148. The van der Waals surface area contributed by atoms with Crippen molar-refractivity contribution in [2.75, 3.05) is 25.6 Å². The van der Waals surface area contributed by atoms with E-state index in [9.17, 15) is 14.5 Å². The van der Waals surface area contributed by atoms with Crippen LogP contribution >= 0.6 is 7.75 Å². The van der Waals surface area contributed by atoms with Crippen LogP contribution in [0.5, 0.6) is 5.75 Å². The van der Waals surface area contributed by atoms with Crippen molar-refractivity contribution < 1.29 is 37.4 Å². The number of rotatable bonds is 11. The van der Waals surface area contributed by atoms with Crippen molar-refractivity contribution >= 4 is 41.5 Å². The fourth-order valence-electron chi connectivity index (χ4n) is 5.05. The Kier molecular flexibility index (Phi) is 9.59. The number of aliphatic hydroxyl groups excluding tert-OH is 1. The Morgan fingerprint density at radius 1 is 1.26 bits per heavy atom. The van der Waals surface area contributed by atoms with E-state index >= 15 is 4.39 Å². The van der Waals surface area contributed by atoms with E-state index in [1.54, 1.807) is 38.2 Å². The van der Waals surface area contributed by atoms with Gasteiger partial charge in [-0.2, -0.15) is 5.09 Å². The molecule has 3 heterocycles. The number of nitrogens with one attached hydrogen (secondary N) is 2. The number of benzene rings is 2. The molecule has 1 aliphatic heterocycles. The molecule has 0 amide bonds. The van der Waals surface area contributed by atoms with E-state index in [0.29, 0.717) is 22.5 Å². The van der Waals surface area contributed by atoms with Crippen molar-refractivity contribution in [3.63, 3.8) is 0 Å². The van der Waals surface area contributed by atoms with Crippen molar-refractivity contribution in [2.24, 2.45) is 5.41 Å². The first-order valence-electron chi connectivity index (χ1n) is 14.9. The minimum Gasteiger partial charge on any atom is -0.464 e. The maximum absolute atomic E-state index is 16.4. The van der Waals surface area contributed by atoms with Crippen molar-refractivity contribution in [1.29, 1.82) is 0 Å². The number of aryl methyl sites for hydroxylation is 1. The summed E-state index contributed by atoms with van der Waals surface area (Å²) in [5.74, 6) is 2.30.